The number of rotatable bonds is 8. The van der Waals surface area contributed by atoms with E-state index in [4.69, 9.17) is 10.5 Å². The Morgan fingerprint density at radius 3 is 2.47 bits per heavy atom. The Morgan fingerprint density at radius 2 is 1.65 bits per heavy atom. The van der Waals surface area contributed by atoms with E-state index in [2.05, 4.69) is 6.92 Å². The van der Waals surface area contributed by atoms with E-state index < -0.39 is 0 Å². The minimum Gasteiger partial charge on any atom is -0.377 e. The highest BCUT2D eigenvalue weighted by Gasteiger charge is 2.20. The van der Waals surface area contributed by atoms with Crippen molar-refractivity contribution in [1.29, 1.82) is 0 Å². The number of unbranched alkanes of at least 4 members (excludes halogenated alkanes) is 5. The Bertz CT molecular complexity index is 172. The van der Waals surface area contributed by atoms with Crippen LogP contribution in [0.4, 0.5) is 0 Å². The molecular formula is C15H31NO. The molecule has 0 saturated heterocycles. The quantitative estimate of drug-likeness (QED) is 0.514. The van der Waals surface area contributed by atoms with Crippen LogP contribution in [-0.4, -0.2) is 18.8 Å². The first-order chi connectivity index (χ1) is 8.34. The second-order valence-electron chi connectivity index (χ2n) is 5.48. The van der Waals surface area contributed by atoms with Gasteiger partial charge in [0.1, 0.15) is 0 Å². The summed E-state index contributed by atoms with van der Waals surface area (Å²) in [6, 6.07) is 0.289. The summed E-state index contributed by atoms with van der Waals surface area (Å²) >= 11 is 0. The van der Waals surface area contributed by atoms with Crippen LogP contribution < -0.4 is 5.73 Å². The van der Waals surface area contributed by atoms with E-state index in [1.54, 1.807) is 0 Å². The van der Waals surface area contributed by atoms with Gasteiger partial charge in [-0.3, -0.25) is 0 Å². The summed E-state index contributed by atoms with van der Waals surface area (Å²) in [5.74, 6) is 0. The summed E-state index contributed by atoms with van der Waals surface area (Å²) < 4.78 is 5.96. The predicted molar refractivity (Wildman–Crippen MR) is 74.2 cm³/mol. The third-order valence-corrected chi connectivity index (χ3v) is 3.83. The maximum absolute atomic E-state index is 6.13. The van der Waals surface area contributed by atoms with Gasteiger partial charge in [0.05, 0.1) is 6.10 Å². The fourth-order valence-corrected chi connectivity index (χ4v) is 2.63. The lowest BCUT2D eigenvalue weighted by Gasteiger charge is -2.21. The van der Waals surface area contributed by atoms with E-state index in [9.17, 15) is 0 Å². The Hall–Kier alpha value is -0.0800. The molecule has 2 heteroatoms. The lowest BCUT2D eigenvalue weighted by Crippen LogP contribution is -2.35. The topological polar surface area (TPSA) is 35.2 Å². The molecule has 0 bridgehead atoms. The zero-order chi connectivity index (χ0) is 12.3. The van der Waals surface area contributed by atoms with Crippen LogP contribution in [0.25, 0.3) is 0 Å². The Labute approximate surface area is 107 Å². The number of hydrogen-bond acceptors (Lipinski definition) is 2. The standard InChI is InChI=1S/C15H31NO/c1-2-3-4-5-6-10-13-17-15-12-9-7-8-11-14(15)16/h14-15H,2-13,16H2,1H3. The Kier molecular flexibility index (Phi) is 8.72. The Morgan fingerprint density at radius 1 is 0.941 bits per heavy atom. The van der Waals surface area contributed by atoms with Gasteiger partial charge in [-0.05, 0) is 19.3 Å². The van der Waals surface area contributed by atoms with Crippen LogP contribution in [-0.2, 0) is 4.74 Å². The molecule has 0 heterocycles. The van der Waals surface area contributed by atoms with Gasteiger partial charge in [-0.15, -0.1) is 0 Å². The van der Waals surface area contributed by atoms with Crippen LogP contribution in [0, 0.1) is 0 Å². The highest BCUT2D eigenvalue weighted by Crippen LogP contribution is 2.19. The summed E-state index contributed by atoms with van der Waals surface area (Å²) in [4.78, 5) is 0. The smallest absolute Gasteiger partial charge is 0.0725 e. The minimum absolute atomic E-state index is 0.289. The first-order valence-electron chi connectivity index (χ1n) is 7.71. The molecule has 1 aliphatic rings. The molecule has 2 unspecified atom stereocenters. The SMILES string of the molecule is CCCCCCCCOC1CCCCCC1N. The number of hydrogen-bond donors (Lipinski definition) is 1. The van der Waals surface area contributed by atoms with Crippen LogP contribution in [0.3, 0.4) is 0 Å². The predicted octanol–water partition coefficient (Wildman–Crippen LogP) is 4.02. The summed E-state index contributed by atoms with van der Waals surface area (Å²) in [7, 11) is 0. The molecule has 0 aromatic heterocycles. The van der Waals surface area contributed by atoms with Crippen LogP contribution >= 0.6 is 0 Å². The number of nitrogens with two attached hydrogens (primary N) is 1. The van der Waals surface area contributed by atoms with Crippen LogP contribution in [0.15, 0.2) is 0 Å². The van der Waals surface area contributed by atoms with Crippen molar-refractivity contribution in [2.45, 2.75) is 89.7 Å². The molecule has 0 aromatic rings. The van der Waals surface area contributed by atoms with Gasteiger partial charge >= 0.3 is 0 Å². The molecule has 1 aliphatic carbocycles. The molecule has 102 valence electrons. The van der Waals surface area contributed by atoms with Crippen molar-refractivity contribution in [2.24, 2.45) is 5.73 Å². The van der Waals surface area contributed by atoms with Crippen LogP contribution in [0.1, 0.15) is 77.6 Å². The van der Waals surface area contributed by atoms with Gasteiger partial charge in [0, 0.05) is 12.6 Å². The lowest BCUT2D eigenvalue weighted by atomic mass is 10.1. The molecule has 0 amide bonds. The first kappa shape index (κ1) is 15.0. The maximum Gasteiger partial charge on any atom is 0.0725 e. The average molecular weight is 241 g/mol. The monoisotopic (exact) mass is 241 g/mol. The van der Waals surface area contributed by atoms with Gasteiger partial charge in [0.15, 0.2) is 0 Å². The van der Waals surface area contributed by atoms with Gasteiger partial charge in [-0.1, -0.05) is 58.3 Å². The summed E-state index contributed by atoms with van der Waals surface area (Å²) in [5.41, 5.74) is 6.13. The normalized spacial score (nSPS) is 25.8. The molecule has 2 nitrogen and oxygen atoms in total. The number of ether oxygens (including phenoxy) is 1. The van der Waals surface area contributed by atoms with Crippen LogP contribution in [0.5, 0.6) is 0 Å². The van der Waals surface area contributed by atoms with Crippen molar-refractivity contribution in [3.05, 3.63) is 0 Å². The van der Waals surface area contributed by atoms with E-state index >= 15 is 0 Å². The molecule has 1 fully saturated rings. The maximum atomic E-state index is 6.13. The molecule has 0 spiro atoms. The molecule has 0 aliphatic heterocycles. The van der Waals surface area contributed by atoms with E-state index in [-0.39, 0.29) is 6.04 Å². The van der Waals surface area contributed by atoms with Crippen molar-refractivity contribution < 1.29 is 4.74 Å². The first-order valence-corrected chi connectivity index (χ1v) is 7.71. The van der Waals surface area contributed by atoms with Gasteiger partial charge < -0.3 is 10.5 Å². The molecular weight excluding hydrogens is 210 g/mol. The second kappa shape index (κ2) is 9.90. The Balaban J connectivity index is 1.97. The molecule has 0 radical (unpaired) electrons. The molecule has 17 heavy (non-hydrogen) atoms. The highest BCUT2D eigenvalue weighted by molar-refractivity contribution is 4.76. The van der Waals surface area contributed by atoms with Gasteiger partial charge in [0.2, 0.25) is 0 Å². The van der Waals surface area contributed by atoms with Crippen molar-refractivity contribution in [3.63, 3.8) is 0 Å². The fourth-order valence-electron chi connectivity index (χ4n) is 2.63. The third-order valence-electron chi connectivity index (χ3n) is 3.83. The van der Waals surface area contributed by atoms with Crippen LogP contribution in [0.2, 0.25) is 0 Å². The van der Waals surface area contributed by atoms with Crippen molar-refractivity contribution in [2.75, 3.05) is 6.61 Å². The highest BCUT2D eigenvalue weighted by atomic mass is 16.5. The van der Waals surface area contributed by atoms with E-state index in [1.165, 1.54) is 64.2 Å². The average Bonchev–Trinajstić information content (AvgIpc) is 2.53. The van der Waals surface area contributed by atoms with Crippen molar-refractivity contribution in [3.8, 4) is 0 Å². The molecule has 2 N–H and O–H groups in total. The summed E-state index contributed by atoms with van der Waals surface area (Å²) in [5, 5.41) is 0. The molecule has 1 saturated carbocycles. The lowest BCUT2D eigenvalue weighted by molar-refractivity contribution is 0.0290. The van der Waals surface area contributed by atoms with Crippen molar-refractivity contribution >= 4 is 0 Å². The van der Waals surface area contributed by atoms with E-state index in [0.717, 1.165) is 13.0 Å². The largest absolute Gasteiger partial charge is 0.377 e. The van der Waals surface area contributed by atoms with Gasteiger partial charge in [-0.2, -0.15) is 0 Å². The zero-order valence-electron chi connectivity index (χ0n) is 11.6. The molecule has 0 aromatic carbocycles. The van der Waals surface area contributed by atoms with Crippen molar-refractivity contribution in [1.82, 2.24) is 0 Å². The summed E-state index contributed by atoms with van der Waals surface area (Å²) in [6.07, 6.45) is 14.6. The summed E-state index contributed by atoms with van der Waals surface area (Å²) in [6.45, 7) is 3.18. The van der Waals surface area contributed by atoms with Gasteiger partial charge in [0.25, 0.3) is 0 Å². The molecule has 1 rings (SSSR count). The second-order valence-corrected chi connectivity index (χ2v) is 5.48. The van der Waals surface area contributed by atoms with Gasteiger partial charge in [-0.25, -0.2) is 0 Å². The molecule has 2 atom stereocenters. The zero-order valence-corrected chi connectivity index (χ0v) is 11.6. The minimum atomic E-state index is 0.289. The third kappa shape index (κ3) is 7.05. The fraction of sp³-hybridized carbons (Fsp3) is 1.00. The van der Waals surface area contributed by atoms with E-state index in [1.807, 2.05) is 0 Å². The van der Waals surface area contributed by atoms with E-state index in [0.29, 0.717) is 6.10 Å².